The van der Waals surface area contributed by atoms with Crippen LogP contribution >= 0.6 is 11.3 Å². The smallest absolute Gasteiger partial charge is 0.294 e. The molecular weight excluding hydrogens is 452 g/mol. The van der Waals surface area contributed by atoms with Crippen molar-refractivity contribution in [2.45, 2.75) is 19.9 Å². The van der Waals surface area contributed by atoms with Gasteiger partial charge in [0.15, 0.2) is 18.1 Å². The number of hydrogen-bond donors (Lipinski definition) is 2. The Morgan fingerprint density at radius 1 is 1.09 bits per heavy atom. The summed E-state index contributed by atoms with van der Waals surface area (Å²) in [6.45, 7) is 3.05. The average Bonchev–Trinajstić information content (AvgIpc) is 3.45. The number of nitrogens with two attached hydrogens (primary N) is 1. The molecule has 0 spiro atoms. The second-order valence-corrected chi connectivity index (χ2v) is 8.99. The summed E-state index contributed by atoms with van der Waals surface area (Å²) in [5.41, 5.74) is 8.26. The number of carbonyl (C=O) groups is 3. The Hall–Kier alpha value is -3.91. The van der Waals surface area contributed by atoms with Crippen LogP contribution in [-0.2, 0) is 14.4 Å². The lowest BCUT2D eigenvalue weighted by Gasteiger charge is -2.28. The fourth-order valence-corrected chi connectivity index (χ4v) is 4.62. The molecule has 0 saturated carbocycles. The van der Waals surface area contributed by atoms with Gasteiger partial charge in [-0.15, -0.1) is 0 Å². The van der Waals surface area contributed by atoms with Crippen LogP contribution < -0.4 is 15.4 Å². The Kier molecular flexibility index (Phi) is 6.51. The largest absolute Gasteiger partial charge is 0.503 e. The number of carbonyl (C=O) groups excluding carboxylic acids is 3. The summed E-state index contributed by atoms with van der Waals surface area (Å²) in [6.07, 6.45) is 0. The second kappa shape index (κ2) is 9.52. The Bertz CT molecular complexity index is 1260. The average molecular weight is 477 g/mol. The van der Waals surface area contributed by atoms with Crippen molar-refractivity contribution in [1.82, 2.24) is 0 Å². The number of benzene rings is 2. The van der Waals surface area contributed by atoms with Crippen molar-refractivity contribution >= 4 is 34.6 Å². The van der Waals surface area contributed by atoms with E-state index in [1.807, 2.05) is 29.0 Å². The summed E-state index contributed by atoms with van der Waals surface area (Å²) in [6, 6.07) is 15.2. The molecular formula is C26H24N2O5S. The number of rotatable bonds is 8. The van der Waals surface area contributed by atoms with Gasteiger partial charge in [0.05, 0.1) is 11.6 Å². The summed E-state index contributed by atoms with van der Waals surface area (Å²) < 4.78 is 5.60. The van der Waals surface area contributed by atoms with E-state index >= 15 is 0 Å². The van der Waals surface area contributed by atoms with Crippen molar-refractivity contribution in [1.29, 1.82) is 0 Å². The highest BCUT2D eigenvalue weighted by atomic mass is 32.1. The molecule has 1 aliphatic heterocycles. The first-order valence-electron chi connectivity index (χ1n) is 10.7. The Balaban J connectivity index is 1.83. The Morgan fingerprint density at radius 2 is 1.79 bits per heavy atom. The lowest BCUT2D eigenvalue weighted by Crippen LogP contribution is -2.32. The number of ether oxygens (including phenoxy) is 1. The highest BCUT2D eigenvalue weighted by Gasteiger charge is 2.45. The minimum atomic E-state index is -0.932. The molecule has 174 valence electrons. The molecule has 1 aliphatic rings. The second-order valence-electron chi connectivity index (χ2n) is 8.21. The van der Waals surface area contributed by atoms with Gasteiger partial charge in [-0.3, -0.25) is 19.3 Å². The summed E-state index contributed by atoms with van der Waals surface area (Å²) in [4.78, 5) is 39.1. The molecule has 8 heteroatoms. The monoisotopic (exact) mass is 476 g/mol. The molecule has 3 aromatic rings. The number of aliphatic hydroxyl groups is 1. The molecule has 1 atom stereocenters. The molecule has 0 fully saturated rings. The molecule has 3 N–H and O–H groups in total. The van der Waals surface area contributed by atoms with E-state index in [1.165, 1.54) is 4.90 Å². The van der Waals surface area contributed by atoms with Crippen LogP contribution in [0.2, 0.25) is 0 Å². The third-order valence-electron chi connectivity index (χ3n) is 5.58. The van der Waals surface area contributed by atoms with Crippen molar-refractivity contribution in [2.75, 3.05) is 11.5 Å². The zero-order valence-corrected chi connectivity index (χ0v) is 19.5. The zero-order chi connectivity index (χ0) is 24.4. The molecule has 2 heterocycles. The van der Waals surface area contributed by atoms with E-state index in [9.17, 15) is 19.5 Å². The minimum absolute atomic E-state index is 0.00274. The molecule has 1 unspecified atom stereocenters. The van der Waals surface area contributed by atoms with Crippen molar-refractivity contribution in [3.05, 3.63) is 82.3 Å². The highest BCUT2D eigenvalue weighted by molar-refractivity contribution is 7.08. The molecule has 0 radical (unpaired) electrons. The van der Waals surface area contributed by atoms with Crippen LogP contribution in [0, 0.1) is 5.92 Å². The van der Waals surface area contributed by atoms with Crippen LogP contribution in [0.3, 0.4) is 0 Å². The van der Waals surface area contributed by atoms with Gasteiger partial charge in [-0.05, 0) is 46.2 Å². The molecule has 34 heavy (non-hydrogen) atoms. The van der Waals surface area contributed by atoms with E-state index in [0.29, 0.717) is 17.0 Å². The van der Waals surface area contributed by atoms with Gasteiger partial charge in [0.1, 0.15) is 5.75 Å². The van der Waals surface area contributed by atoms with Gasteiger partial charge in [-0.25, -0.2) is 0 Å². The number of ketones is 1. The summed E-state index contributed by atoms with van der Waals surface area (Å²) in [5.74, 6) is -2.43. The third kappa shape index (κ3) is 4.32. The van der Waals surface area contributed by atoms with Gasteiger partial charge in [-0.1, -0.05) is 44.2 Å². The van der Waals surface area contributed by atoms with E-state index in [4.69, 9.17) is 10.5 Å². The summed E-state index contributed by atoms with van der Waals surface area (Å²) in [7, 11) is 0. The number of thiophene rings is 1. The fourth-order valence-electron chi connectivity index (χ4n) is 3.96. The number of primary amides is 1. The first-order chi connectivity index (χ1) is 16.3. The number of amides is 2. The molecule has 0 aliphatic carbocycles. The number of para-hydroxylation sites is 1. The van der Waals surface area contributed by atoms with Gasteiger partial charge in [0, 0.05) is 17.2 Å². The predicted molar refractivity (Wildman–Crippen MR) is 131 cm³/mol. The Labute approximate surface area is 201 Å². The molecule has 7 nitrogen and oxygen atoms in total. The third-order valence-corrected chi connectivity index (χ3v) is 6.26. The van der Waals surface area contributed by atoms with Crippen molar-refractivity contribution in [3.63, 3.8) is 0 Å². The Morgan fingerprint density at radius 3 is 2.41 bits per heavy atom. The maximum Gasteiger partial charge on any atom is 0.294 e. The van der Waals surface area contributed by atoms with Crippen LogP contribution in [0.25, 0.3) is 11.1 Å². The number of nitrogens with zero attached hydrogens (tertiary/aromatic N) is 1. The maximum atomic E-state index is 13.3. The van der Waals surface area contributed by atoms with E-state index in [0.717, 1.165) is 11.1 Å². The van der Waals surface area contributed by atoms with E-state index in [-0.39, 0.29) is 18.0 Å². The van der Waals surface area contributed by atoms with E-state index in [2.05, 4.69) is 0 Å². The van der Waals surface area contributed by atoms with Gasteiger partial charge in [-0.2, -0.15) is 11.3 Å². The normalized spacial score (nSPS) is 15.8. The molecule has 0 saturated heterocycles. The first-order valence-corrected chi connectivity index (χ1v) is 11.7. The van der Waals surface area contributed by atoms with Crippen molar-refractivity contribution < 1.29 is 24.2 Å². The number of aliphatic hydroxyl groups excluding tert-OH is 1. The van der Waals surface area contributed by atoms with Gasteiger partial charge in [0.25, 0.3) is 11.8 Å². The SMILES string of the molecule is CC(C)C(=O)C1=C(O)C(=O)N(c2ccc(-c3ccsc3)cc2)C1c1ccccc1OCC(N)=O. The topological polar surface area (TPSA) is 110 Å². The first kappa shape index (κ1) is 23.3. The lowest BCUT2D eigenvalue weighted by atomic mass is 9.90. The minimum Gasteiger partial charge on any atom is -0.503 e. The number of Topliss-reactive ketones (excluding diaryl/α,β-unsaturated/α-hetero) is 1. The highest BCUT2D eigenvalue weighted by Crippen LogP contribution is 2.45. The quantitative estimate of drug-likeness (QED) is 0.501. The van der Waals surface area contributed by atoms with Crippen molar-refractivity contribution in [2.24, 2.45) is 11.7 Å². The summed E-state index contributed by atoms with van der Waals surface area (Å²) in [5, 5.41) is 14.8. The fraction of sp³-hybridized carbons (Fsp3) is 0.192. The van der Waals surface area contributed by atoms with Crippen LogP contribution in [0.4, 0.5) is 5.69 Å². The summed E-state index contributed by atoms with van der Waals surface area (Å²) >= 11 is 1.59. The molecule has 0 bridgehead atoms. The zero-order valence-electron chi connectivity index (χ0n) is 18.7. The molecule has 2 aromatic carbocycles. The molecule has 2 amide bonds. The van der Waals surface area contributed by atoms with Crippen LogP contribution in [0.5, 0.6) is 5.75 Å². The van der Waals surface area contributed by atoms with Gasteiger partial charge >= 0.3 is 0 Å². The number of anilines is 1. The van der Waals surface area contributed by atoms with Crippen molar-refractivity contribution in [3.8, 4) is 16.9 Å². The standard InChI is InChI=1S/C26H24N2O5S/c1-15(2)24(30)22-23(19-5-3-4-6-20(19)33-13-21(27)29)28(26(32)25(22)31)18-9-7-16(8-10-18)17-11-12-34-14-17/h3-12,14-15,23,31H,13H2,1-2H3,(H2,27,29). The predicted octanol–water partition coefficient (Wildman–Crippen LogP) is 4.40. The van der Waals surface area contributed by atoms with Crippen LogP contribution in [0.15, 0.2) is 76.7 Å². The number of hydrogen-bond acceptors (Lipinski definition) is 6. The molecule has 4 rings (SSSR count). The van der Waals surface area contributed by atoms with Gasteiger partial charge in [0.2, 0.25) is 0 Å². The molecule has 1 aromatic heterocycles. The van der Waals surface area contributed by atoms with Crippen LogP contribution in [0.1, 0.15) is 25.5 Å². The maximum absolute atomic E-state index is 13.3. The van der Waals surface area contributed by atoms with E-state index in [1.54, 1.807) is 61.6 Å². The van der Waals surface area contributed by atoms with Gasteiger partial charge < -0.3 is 15.6 Å². The van der Waals surface area contributed by atoms with E-state index < -0.39 is 29.5 Å². The lowest BCUT2D eigenvalue weighted by molar-refractivity contribution is -0.120. The van der Waals surface area contributed by atoms with Crippen LogP contribution in [-0.4, -0.2) is 29.3 Å².